The van der Waals surface area contributed by atoms with Crippen molar-refractivity contribution in [1.29, 1.82) is 15.8 Å². The highest BCUT2D eigenvalue weighted by Crippen LogP contribution is 2.49. The first-order chi connectivity index (χ1) is 18.2. The van der Waals surface area contributed by atoms with Gasteiger partial charge in [0.15, 0.2) is 11.3 Å². The number of allylic oxidation sites excluding steroid dienone is 6. The van der Waals surface area contributed by atoms with Gasteiger partial charge < -0.3 is 9.64 Å². The lowest BCUT2D eigenvalue weighted by molar-refractivity contribution is -0.236. The van der Waals surface area contributed by atoms with Crippen molar-refractivity contribution in [3.63, 3.8) is 0 Å². The number of benzene rings is 1. The van der Waals surface area contributed by atoms with Crippen LogP contribution in [-0.2, 0) is 4.74 Å². The molecule has 1 unspecified atom stereocenters. The molecule has 1 aromatic rings. The topological polar surface area (TPSA) is 83.8 Å². The zero-order chi connectivity index (χ0) is 28.2. The molecule has 0 aromatic heterocycles. The van der Waals surface area contributed by atoms with Crippen LogP contribution in [-0.4, -0.2) is 24.9 Å². The van der Waals surface area contributed by atoms with Gasteiger partial charge in [0.2, 0.25) is 5.60 Å². The molecular formula is C30H31F3N4O. The lowest BCUT2D eigenvalue weighted by Crippen LogP contribution is -2.43. The maximum Gasteiger partial charge on any atom is 0.432 e. The number of ether oxygens (including phenoxy) is 1. The molecule has 38 heavy (non-hydrogen) atoms. The van der Waals surface area contributed by atoms with Crippen LogP contribution in [0, 0.1) is 34.0 Å². The van der Waals surface area contributed by atoms with Gasteiger partial charge in [-0.05, 0) is 37.5 Å². The molecule has 2 rings (SSSR count). The van der Waals surface area contributed by atoms with Crippen molar-refractivity contribution in [3.8, 4) is 18.2 Å². The van der Waals surface area contributed by atoms with Crippen LogP contribution < -0.4 is 4.90 Å². The van der Waals surface area contributed by atoms with E-state index in [1.54, 1.807) is 18.2 Å². The molecule has 1 aliphatic heterocycles. The number of rotatable bonds is 11. The van der Waals surface area contributed by atoms with Crippen molar-refractivity contribution < 1.29 is 17.9 Å². The van der Waals surface area contributed by atoms with E-state index in [0.717, 1.165) is 57.3 Å². The molecular weight excluding hydrogens is 489 g/mol. The molecule has 1 aliphatic rings. The summed E-state index contributed by atoms with van der Waals surface area (Å²) in [6, 6.07) is 12.8. The molecule has 1 aromatic carbocycles. The maximum absolute atomic E-state index is 13.8. The number of halogens is 3. The fourth-order valence-electron chi connectivity index (χ4n) is 3.85. The highest BCUT2D eigenvalue weighted by molar-refractivity contribution is 5.61. The number of alkyl halides is 3. The monoisotopic (exact) mass is 520 g/mol. The molecule has 198 valence electrons. The highest BCUT2D eigenvalue weighted by Gasteiger charge is 2.60. The molecule has 5 nitrogen and oxygen atoms in total. The van der Waals surface area contributed by atoms with E-state index in [-0.39, 0.29) is 0 Å². The van der Waals surface area contributed by atoms with Crippen LogP contribution in [0.2, 0.25) is 0 Å². The molecule has 0 fully saturated rings. The van der Waals surface area contributed by atoms with Crippen molar-refractivity contribution in [1.82, 2.24) is 0 Å². The van der Waals surface area contributed by atoms with Crippen molar-refractivity contribution in [2.24, 2.45) is 0 Å². The molecule has 0 amide bonds. The Morgan fingerprint density at radius 2 is 1.47 bits per heavy atom. The van der Waals surface area contributed by atoms with Crippen molar-refractivity contribution in [2.75, 3.05) is 18.0 Å². The predicted molar refractivity (Wildman–Crippen MR) is 142 cm³/mol. The van der Waals surface area contributed by atoms with E-state index in [1.807, 2.05) is 18.2 Å². The van der Waals surface area contributed by atoms with E-state index in [2.05, 4.69) is 30.9 Å². The van der Waals surface area contributed by atoms with Gasteiger partial charge in [0.25, 0.3) is 0 Å². The predicted octanol–water partition coefficient (Wildman–Crippen LogP) is 7.69. The highest BCUT2D eigenvalue weighted by atomic mass is 19.4. The van der Waals surface area contributed by atoms with Gasteiger partial charge in [-0.1, -0.05) is 75.3 Å². The van der Waals surface area contributed by atoms with E-state index in [9.17, 15) is 18.4 Å². The van der Waals surface area contributed by atoms with Gasteiger partial charge in [-0.15, -0.1) is 0 Å². The lowest BCUT2D eigenvalue weighted by atomic mass is 9.92. The fraction of sp³-hybridized carbons (Fsp3) is 0.367. The Balaban J connectivity index is 2.20. The molecule has 1 atom stereocenters. The average molecular weight is 521 g/mol. The summed E-state index contributed by atoms with van der Waals surface area (Å²) < 4.78 is 46.5. The summed E-state index contributed by atoms with van der Waals surface area (Å²) in [4.78, 5) is 2.40. The first-order valence-corrected chi connectivity index (χ1v) is 12.5. The largest absolute Gasteiger partial charge is 0.470 e. The van der Waals surface area contributed by atoms with Gasteiger partial charge in [0.05, 0.1) is 0 Å². The molecule has 1 heterocycles. The van der Waals surface area contributed by atoms with Crippen LogP contribution in [0.5, 0.6) is 0 Å². The lowest BCUT2D eigenvalue weighted by Gasteiger charge is -2.28. The van der Waals surface area contributed by atoms with Crippen LogP contribution in [0.3, 0.4) is 0 Å². The smallest absolute Gasteiger partial charge is 0.432 e. The minimum Gasteiger partial charge on any atom is -0.470 e. The van der Waals surface area contributed by atoms with Gasteiger partial charge in [0, 0.05) is 24.4 Å². The number of nitrogens with zero attached hydrogens (tertiary/aromatic N) is 4. The van der Waals surface area contributed by atoms with Gasteiger partial charge in [-0.25, -0.2) is 0 Å². The summed E-state index contributed by atoms with van der Waals surface area (Å²) in [7, 11) is 0. The summed E-state index contributed by atoms with van der Waals surface area (Å²) in [5.74, 6) is -0.660. The second kappa shape index (κ2) is 13.9. The first kappa shape index (κ1) is 30.0. The van der Waals surface area contributed by atoms with Gasteiger partial charge in [-0.3, -0.25) is 0 Å². The van der Waals surface area contributed by atoms with Crippen LogP contribution in [0.1, 0.15) is 52.0 Å². The van der Waals surface area contributed by atoms with Crippen LogP contribution >= 0.6 is 0 Å². The van der Waals surface area contributed by atoms with Crippen molar-refractivity contribution in [2.45, 2.75) is 58.2 Å². The van der Waals surface area contributed by atoms with E-state index in [1.165, 1.54) is 30.0 Å². The summed E-state index contributed by atoms with van der Waals surface area (Å²) in [5.41, 5.74) is -2.35. The van der Waals surface area contributed by atoms with Crippen LogP contribution in [0.15, 0.2) is 77.1 Å². The molecule has 0 saturated carbocycles. The minimum absolute atomic E-state index is 0.467. The maximum atomic E-state index is 13.8. The summed E-state index contributed by atoms with van der Waals surface area (Å²) in [6.45, 7) is 7.17. The summed E-state index contributed by atoms with van der Waals surface area (Å²) in [5, 5.41) is 27.6. The SMILES string of the molecule is CCCCN(CCCC)c1ccc(/C=C/C=C/C=C/C2=C(C#N)C(=C(C#N)C#N)OC2(C)C(F)(F)F)cc1. The molecule has 0 bridgehead atoms. The molecule has 0 N–H and O–H groups in total. The zero-order valence-electron chi connectivity index (χ0n) is 21.8. The first-order valence-electron chi connectivity index (χ1n) is 12.5. The second-order valence-electron chi connectivity index (χ2n) is 8.85. The molecule has 0 saturated heterocycles. The standard InChI is InChI=1S/C30H31F3N4O/c1-4-6-18-37(19-7-5-2)25-16-14-23(15-17-25)12-10-8-9-11-13-27-26(22-36)28(24(20-34)21-35)38-29(27,3)30(31,32)33/h8-17H,4-7,18-19H2,1-3H3/b9-8+,12-10+,13-11+. The Morgan fingerprint density at radius 1 is 0.921 bits per heavy atom. The zero-order valence-corrected chi connectivity index (χ0v) is 21.8. The van der Waals surface area contributed by atoms with Crippen LogP contribution in [0.4, 0.5) is 18.9 Å². The van der Waals surface area contributed by atoms with E-state index in [0.29, 0.717) is 0 Å². The van der Waals surface area contributed by atoms with Crippen molar-refractivity contribution >= 4 is 11.8 Å². The Morgan fingerprint density at radius 3 is 1.95 bits per heavy atom. The normalized spacial score (nSPS) is 17.6. The fourth-order valence-corrected chi connectivity index (χ4v) is 3.85. The third-order valence-corrected chi connectivity index (χ3v) is 6.13. The molecule has 0 radical (unpaired) electrons. The number of hydrogen-bond acceptors (Lipinski definition) is 5. The van der Waals surface area contributed by atoms with E-state index >= 15 is 0 Å². The average Bonchev–Trinajstić information content (AvgIpc) is 3.19. The molecule has 0 spiro atoms. The van der Waals surface area contributed by atoms with Crippen LogP contribution in [0.25, 0.3) is 6.08 Å². The number of hydrogen-bond donors (Lipinski definition) is 0. The van der Waals surface area contributed by atoms with Gasteiger partial charge in [-0.2, -0.15) is 29.0 Å². The van der Waals surface area contributed by atoms with Gasteiger partial charge in [0.1, 0.15) is 23.8 Å². The summed E-state index contributed by atoms with van der Waals surface area (Å²) in [6.07, 6.45) is 8.96. The third-order valence-electron chi connectivity index (χ3n) is 6.13. The minimum atomic E-state index is -4.88. The Labute approximate surface area is 222 Å². The van der Waals surface area contributed by atoms with Crippen molar-refractivity contribution in [3.05, 3.63) is 82.7 Å². The summed E-state index contributed by atoms with van der Waals surface area (Å²) >= 11 is 0. The Hall–Kier alpha value is -4.22. The number of nitriles is 3. The number of unbranched alkanes of at least 4 members (excludes halogenated alkanes) is 2. The number of anilines is 1. The molecule has 0 aliphatic carbocycles. The van der Waals surface area contributed by atoms with E-state index in [4.69, 9.17) is 15.3 Å². The Bertz CT molecular complexity index is 1220. The second-order valence-corrected chi connectivity index (χ2v) is 8.85. The van der Waals surface area contributed by atoms with Gasteiger partial charge >= 0.3 is 6.18 Å². The third kappa shape index (κ3) is 7.17. The Kier molecular flexibility index (Phi) is 11.0. The molecule has 8 heteroatoms. The quantitative estimate of drug-likeness (QED) is 0.221. The van der Waals surface area contributed by atoms with E-state index < -0.39 is 34.3 Å².